The van der Waals surface area contributed by atoms with Gasteiger partial charge in [0.25, 0.3) is 0 Å². The predicted molar refractivity (Wildman–Crippen MR) is 51.5 cm³/mol. The maximum atomic E-state index is 11.5. The molecule has 2 atom stereocenters. The normalized spacial score (nSPS) is 26.4. The molecule has 1 N–H and O–H groups in total. The molecule has 3 heteroatoms. The molecule has 0 saturated carbocycles. The van der Waals surface area contributed by atoms with Gasteiger partial charge in [-0.05, 0) is 5.56 Å². The Labute approximate surface area is 82.1 Å². The summed E-state index contributed by atoms with van der Waals surface area (Å²) >= 11 is 0. The van der Waals surface area contributed by atoms with Crippen LogP contribution in [0.2, 0.25) is 0 Å². The first-order chi connectivity index (χ1) is 6.70. The van der Waals surface area contributed by atoms with E-state index in [-0.39, 0.29) is 23.7 Å². The summed E-state index contributed by atoms with van der Waals surface area (Å²) < 4.78 is 0. The Morgan fingerprint density at radius 1 is 1.07 bits per heavy atom. The van der Waals surface area contributed by atoms with Crippen LogP contribution in [0.5, 0.6) is 0 Å². The Morgan fingerprint density at radius 3 is 2.21 bits per heavy atom. The zero-order valence-electron chi connectivity index (χ0n) is 7.86. The Hall–Kier alpha value is -1.64. The highest BCUT2D eigenvalue weighted by Crippen LogP contribution is 2.29. The molecule has 1 saturated heterocycles. The second-order valence-corrected chi connectivity index (χ2v) is 3.53. The summed E-state index contributed by atoms with van der Waals surface area (Å²) in [5, 5.41) is 2.34. The third-order valence-corrected chi connectivity index (χ3v) is 2.60. The Kier molecular flexibility index (Phi) is 2.08. The van der Waals surface area contributed by atoms with Crippen LogP contribution in [-0.4, -0.2) is 11.8 Å². The molecule has 14 heavy (non-hydrogen) atoms. The monoisotopic (exact) mass is 189 g/mol. The third-order valence-electron chi connectivity index (χ3n) is 2.60. The fourth-order valence-electron chi connectivity index (χ4n) is 1.79. The number of carbonyl (C=O) groups excluding carboxylic acids is 2. The van der Waals surface area contributed by atoms with Crippen molar-refractivity contribution in [2.24, 2.45) is 5.92 Å². The maximum absolute atomic E-state index is 11.5. The van der Waals surface area contributed by atoms with Gasteiger partial charge in [0.05, 0.1) is 11.8 Å². The van der Waals surface area contributed by atoms with Gasteiger partial charge in [-0.3, -0.25) is 14.9 Å². The van der Waals surface area contributed by atoms with Crippen molar-refractivity contribution in [1.82, 2.24) is 5.32 Å². The third kappa shape index (κ3) is 1.31. The van der Waals surface area contributed by atoms with Gasteiger partial charge in [-0.25, -0.2) is 0 Å². The molecular formula is C11H11NO2. The average molecular weight is 189 g/mol. The van der Waals surface area contributed by atoms with Gasteiger partial charge < -0.3 is 0 Å². The van der Waals surface area contributed by atoms with Gasteiger partial charge in [-0.2, -0.15) is 0 Å². The molecule has 0 unspecified atom stereocenters. The lowest BCUT2D eigenvalue weighted by Gasteiger charge is -2.10. The van der Waals surface area contributed by atoms with E-state index in [1.165, 1.54) is 0 Å². The van der Waals surface area contributed by atoms with E-state index < -0.39 is 0 Å². The van der Waals surface area contributed by atoms with E-state index in [1.54, 1.807) is 6.92 Å². The molecule has 3 nitrogen and oxygen atoms in total. The lowest BCUT2D eigenvalue weighted by molar-refractivity contribution is -0.125. The highest BCUT2D eigenvalue weighted by molar-refractivity contribution is 6.07. The molecule has 0 aromatic heterocycles. The van der Waals surface area contributed by atoms with Crippen LogP contribution in [0, 0.1) is 5.92 Å². The highest BCUT2D eigenvalue weighted by Gasteiger charge is 2.39. The van der Waals surface area contributed by atoms with Crippen molar-refractivity contribution < 1.29 is 9.59 Å². The minimum Gasteiger partial charge on any atom is -0.296 e. The molecule has 1 aliphatic heterocycles. The van der Waals surface area contributed by atoms with Crippen LogP contribution in [-0.2, 0) is 9.59 Å². The van der Waals surface area contributed by atoms with Crippen molar-refractivity contribution in [3.8, 4) is 0 Å². The zero-order chi connectivity index (χ0) is 10.1. The molecule has 1 aliphatic rings. The molecule has 0 bridgehead atoms. The minimum absolute atomic E-state index is 0.177. The highest BCUT2D eigenvalue weighted by atomic mass is 16.2. The van der Waals surface area contributed by atoms with Gasteiger partial charge in [0.1, 0.15) is 0 Å². The van der Waals surface area contributed by atoms with Gasteiger partial charge in [-0.15, -0.1) is 0 Å². The molecule has 0 spiro atoms. The van der Waals surface area contributed by atoms with E-state index in [0.29, 0.717) is 0 Å². The molecular weight excluding hydrogens is 178 g/mol. The number of rotatable bonds is 1. The number of nitrogens with one attached hydrogen (secondary N) is 1. The molecule has 0 radical (unpaired) electrons. The van der Waals surface area contributed by atoms with E-state index in [4.69, 9.17) is 0 Å². The number of benzene rings is 1. The first kappa shape index (κ1) is 8.94. The average Bonchev–Trinajstić information content (AvgIpc) is 2.43. The Morgan fingerprint density at radius 2 is 1.71 bits per heavy atom. The number of hydrogen-bond donors (Lipinski definition) is 1. The van der Waals surface area contributed by atoms with Crippen molar-refractivity contribution in [2.45, 2.75) is 12.8 Å². The standard InChI is InChI=1S/C11H11NO2/c1-7-9(11(14)12-10(7)13)8-5-3-2-4-6-8/h2-7,9H,1H3,(H,12,13,14)/t7-,9-/m0/s1. The lowest BCUT2D eigenvalue weighted by Crippen LogP contribution is -2.21. The van der Waals surface area contributed by atoms with Gasteiger partial charge in [0, 0.05) is 0 Å². The number of carbonyl (C=O) groups is 2. The summed E-state index contributed by atoms with van der Waals surface area (Å²) in [6.07, 6.45) is 0. The number of amides is 2. The SMILES string of the molecule is C[C@@H]1C(=O)NC(=O)[C@@H]1c1ccccc1. The summed E-state index contributed by atoms with van der Waals surface area (Å²) in [4.78, 5) is 22.7. The molecule has 2 rings (SSSR count). The molecule has 2 amide bonds. The van der Waals surface area contributed by atoms with E-state index in [9.17, 15) is 9.59 Å². The van der Waals surface area contributed by atoms with Crippen molar-refractivity contribution in [3.63, 3.8) is 0 Å². The van der Waals surface area contributed by atoms with Crippen molar-refractivity contribution in [3.05, 3.63) is 35.9 Å². The van der Waals surface area contributed by atoms with Crippen LogP contribution in [0.15, 0.2) is 30.3 Å². The second-order valence-electron chi connectivity index (χ2n) is 3.53. The van der Waals surface area contributed by atoms with Crippen molar-refractivity contribution in [1.29, 1.82) is 0 Å². The summed E-state index contributed by atoms with van der Waals surface area (Å²) in [5.74, 6) is -0.939. The van der Waals surface area contributed by atoms with Crippen molar-refractivity contribution in [2.75, 3.05) is 0 Å². The Bertz CT molecular complexity index is 372. The van der Waals surface area contributed by atoms with E-state index in [0.717, 1.165) is 5.56 Å². The van der Waals surface area contributed by atoms with Crippen molar-refractivity contribution >= 4 is 11.8 Å². The fraction of sp³-hybridized carbons (Fsp3) is 0.273. The van der Waals surface area contributed by atoms with Crippen LogP contribution in [0.1, 0.15) is 18.4 Å². The first-order valence-corrected chi connectivity index (χ1v) is 4.60. The van der Waals surface area contributed by atoms with Crippen LogP contribution < -0.4 is 5.32 Å². The van der Waals surface area contributed by atoms with E-state index in [1.807, 2.05) is 30.3 Å². The second kappa shape index (κ2) is 3.25. The number of hydrogen-bond acceptors (Lipinski definition) is 2. The summed E-state index contributed by atoms with van der Waals surface area (Å²) in [7, 11) is 0. The summed E-state index contributed by atoms with van der Waals surface area (Å²) in [6.45, 7) is 1.78. The van der Waals surface area contributed by atoms with E-state index >= 15 is 0 Å². The van der Waals surface area contributed by atoms with Crippen LogP contribution >= 0.6 is 0 Å². The van der Waals surface area contributed by atoms with Crippen LogP contribution in [0.4, 0.5) is 0 Å². The van der Waals surface area contributed by atoms with Gasteiger partial charge in [-0.1, -0.05) is 37.3 Å². The quantitative estimate of drug-likeness (QED) is 0.671. The van der Waals surface area contributed by atoms with E-state index in [2.05, 4.69) is 5.32 Å². The molecule has 1 aromatic rings. The molecule has 72 valence electrons. The smallest absolute Gasteiger partial charge is 0.234 e. The van der Waals surface area contributed by atoms with Gasteiger partial charge in [0.2, 0.25) is 11.8 Å². The molecule has 1 aromatic carbocycles. The Balaban J connectivity index is 2.36. The van der Waals surface area contributed by atoms with Crippen LogP contribution in [0.3, 0.4) is 0 Å². The van der Waals surface area contributed by atoms with Gasteiger partial charge >= 0.3 is 0 Å². The molecule has 0 aliphatic carbocycles. The molecule has 1 fully saturated rings. The summed E-state index contributed by atoms with van der Waals surface area (Å²) in [5.41, 5.74) is 0.906. The molecule has 1 heterocycles. The lowest BCUT2D eigenvalue weighted by atomic mass is 9.89. The topological polar surface area (TPSA) is 46.2 Å². The van der Waals surface area contributed by atoms with Gasteiger partial charge in [0.15, 0.2) is 0 Å². The predicted octanol–water partition coefficient (Wildman–Crippen LogP) is 1.06. The van der Waals surface area contributed by atoms with Crippen LogP contribution in [0.25, 0.3) is 0 Å². The fourth-order valence-corrected chi connectivity index (χ4v) is 1.79. The first-order valence-electron chi connectivity index (χ1n) is 4.60. The number of imide groups is 1. The maximum Gasteiger partial charge on any atom is 0.234 e. The minimum atomic E-state index is -0.316. The largest absolute Gasteiger partial charge is 0.296 e. The zero-order valence-corrected chi connectivity index (χ0v) is 7.86. The summed E-state index contributed by atoms with van der Waals surface area (Å²) in [6, 6.07) is 9.39.